The molecule has 0 bridgehead atoms. The van der Waals surface area contributed by atoms with E-state index in [1.165, 1.54) is 24.5 Å². The third-order valence-corrected chi connectivity index (χ3v) is 3.34. The molecule has 0 spiro atoms. The Morgan fingerprint density at radius 1 is 1.41 bits per heavy atom. The van der Waals surface area contributed by atoms with E-state index in [9.17, 15) is 9.18 Å². The SMILES string of the molecule is O=C(Cc1cc(F)ccc1Br)c1ccoc1Cl. The fourth-order valence-corrected chi connectivity index (χ4v) is 2.05. The monoisotopic (exact) mass is 316 g/mol. The van der Waals surface area contributed by atoms with Crippen molar-refractivity contribution in [2.75, 3.05) is 0 Å². The number of Topliss-reactive ketones (excluding diaryl/α,β-unsaturated/α-hetero) is 1. The van der Waals surface area contributed by atoms with Gasteiger partial charge in [-0.3, -0.25) is 4.79 Å². The van der Waals surface area contributed by atoms with Crippen LogP contribution < -0.4 is 0 Å². The van der Waals surface area contributed by atoms with Crippen molar-refractivity contribution in [2.24, 2.45) is 0 Å². The van der Waals surface area contributed by atoms with Crippen molar-refractivity contribution >= 4 is 33.3 Å². The van der Waals surface area contributed by atoms with Crippen LogP contribution in [0.3, 0.4) is 0 Å². The molecule has 0 aliphatic rings. The maximum absolute atomic E-state index is 13.0. The second-order valence-corrected chi connectivity index (χ2v) is 4.64. The minimum atomic E-state index is -0.380. The average molecular weight is 318 g/mol. The molecule has 0 aliphatic heterocycles. The van der Waals surface area contributed by atoms with Gasteiger partial charge in [-0.25, -0.2) is 4.39 Å². The lowest BCUT2D eigenvalue weighted by Gasteiger charge is -2.03. The van der Waals surface area contributed by atoms with Gasteiger partial charge in [0.1, 0.15) is 5.82 Å². The number of furan rings is 1. The molecule has 2 nitrogen and oxygen atoms in total. The molecule has 1 heterocycles. The van der Waals surface area contributed by atoms with Crippen LogP contribution in [0.1, 0.15) is 15.9 Å². The summed E-state index contributed by atoms with van der Waals surface area (Å²) in [4.78, 5) is 11.9. The van der Waals surface area contributed by atoms with E-state index in [1.54, 1.807) is 6.07 Å². The standard InChI is InChI=1S/C12H7BrClFO2/c13-10-2-1-8(15)5-7(10)6-11(16)9-3-4-17-12(9)14/h1-5H,6H2. The maximum Gasteiger partial charge on any atom is 0.203 e. The van der Waals surface area contributed by atoms with Crippen LogP contribution in [0.25, 0.3) is 0 Å². The quantitative estimate of drug-likeness (QED) is 0.792. The first kappa shape index (κ1) is 12.3. The van der Waals surface area contributed by atoms with E-state index in [-0.39, 0.29) is 23.2 Å². The van der Waals surface area contributed by atoms with Crippen molar-refractivity contribution in [3.63, 3.8) is 0 Å². The summed E-state index contributed by atoms with van der Waals surface area (Å²) in [6, 6.07) is 5.70. The number of carbonyl (C=O) groups is 1. The van der Waals surface area contributed by atoms with Gasteiger partial charge < -0.3 is 4.42 Å². The summed E-state index contributed by atoms with van der Waals surface area (Å²) in [5.41, 5.74) is 0.884. The minimum absolute atomic E-state index is 0.0579. The topological polar surface area (TPSA) is 30.2 Å². The Labute approximate surface area is 111 Å². The lowest BCUT2D eigenvalue weighted by molar-refractivity contribution is 0.0992. The third kappa shape index (κ3) is 2.76. The van der Waals surface area contributed by atoms with E-state index < -0.39 is 0 Å². The molecule has 0 aliphatic carbocycles. The number of rotatable bonds is 3. The number of hydrogen-bond acceptors (Lipinski definition) is 2. The molecular weight excluding hydrogens is 310 g/mol. The highest BCUT2D eigenvalue weighted by atomic mass is 79.9. The Bertz CT molecular complexity index is 565. The Balaban J connectivity index is 2.24. The summed E-state index contributed by atoms with van der Waals surface area (Å²) < 4.78 is 18.6. The minimum Gasteiger partial charge on any atom is -0.452 e. The number of halogens is 3. The highest BCUT2D eigenvalue weighted by Gasteiger charge is 2.15. The first-order chi connectivity index (χ1) is 8.08. The molecule has 0 atom stereocenters. The van der Waals surface area contributed by atoms with Crippen LogP contribution in [0.2, 0.25) is 5.22 Å². The molecule has 17 heavy (non-hydrogen) atoms. The van der Waals surface area contributed by atoms with E-state index in [1.807, 2.05) is 0 Å². The molecular formula is C12H7BrClFO2. The molecule has 5 heteroatoms. The van der Waals surface area contributed by atoms with E-state index in [0.717, 1.165) is 0 Å². The van der Waals surface area contributed by atoms with Gasteiger partial charge in [0, 0.05) is 10.9 Å². The Morgan fingerprint density at radius 3 is 2.82 bits per heavy atom. The van der Waals surface area contributed by atoms with Crippen molar-refractivity contribution in [1.29, 1.82) is 0 Å². The largest absolute Gasteiger partial charge is 0.452 e. The smallest absolute Gasteiger partial charge is 0.203 e. The third-order valence-electron chi connectivity index (χ3n) is 2.28. The van der Waals surface area contributed by atoms with Gasteiger partial charge in [-0.15, -0.1) is 0 Å². The Morgan fingerprint density at radius 2 is 2.18 bits per heavy atom. The summed E-state index contributed by atoms with van der Waals surface area (Å²) in [5.74, 6) is -0.593. The van der Waals surface area contributed by atoms with Gasteiger partial charge >= 0.3 is 0 Å². The van der Waals surface area contributed by atoms with E-state index in [4.69, 9.17) is 16.0 Å². The van der Waals surface area contributed by atoms with Crippen molar-refractivity contribution in [3.05, 3.63) is 57.2 Å². The Kier molecular flexibility index (Phi) is 3.64. The molecule has 2 aromatic rings. The van der Waals surface area contributed by atoms with Crippen LogP contribution >= 0.6 is 27.5 Å². The van der Waals surface area contributed by atoms with Crippen LogP contribution in [0.5, 0.6) is 0 Å². The second kappa shape index (κ2) is 5.02. The van der Waals surface area contributed by atoms with Gasteiger partial charge in [0.05, 0.1) is 11.8 Å². The molecule has 1 aromatic heterocycles. The summed E-state index contributed by atoms with van der Waals surface area (Å²) in [6.07, 6.45) is 1.41. The van der Waals surface area contributed by atoms with E-state index >= 15 is 0 Å². The first-order valence-electron chi connectivity index (χ1n) is 4.78. The molecule has 0 amide bonds. The fourth-order valence-electron chi connectivity index (χ4n) is 1.44. The van der Waals surface area contributed by atoms with Crippen molar-refractivity contribution < 1.29 is 13.6 Å². The van der Waals surface area contributed by atoms with Crippen molar-refractivity contribution in [1.82, 2.24) is 0 Å². The molecule has 0 saturated heterocycles. The van der Waals surface area contributed by atoms with Gasteiger partial charge in [0.2, 0.25) is 5.22 Å². The lowest BCUT2D eigenvalue weighted by Crippen LogP contribution is -2.03. The molecule has 0 saturated carbocycles. The van der Waals surface area contributed by atoms with Gasteiger partial charge in [-0.1, -0.05) is 15.9 Å². The predicted molar refractivity (Wildman–Crippen MR) is 65.9 cm³/mol. The maximum atomic E-state index is 13.0. The van der Waals surface area contributed by atoms with Gasteiger partial charge in [-0.2, -0.15) is 0 Å². The number of carbonyl (C=O) groups excluding carboxylic acids is 1. The number of ketones is 1. The Hall–Kier alpha value is -1.13. The molecule has 1 aromatic carbocycles. The molecule has 0 radical (unpaired) electrons. The zero-order chi connectivity index (χ0) is 12.4. The van der Waals surface area contributed by atoms with Crippen LogP contribution in [-0.2, 0) is 6.42 Å². The molecule has 2 rings (SSSR count). The van der Waals surface area contributed by atoms with E-state index in [2.05, 4.69) is 15.9 Å². The summed E-state index contributed by atoms with van der Waals surface area (Å²) in [7, 11) is 0. The van der Waals surface area contributed by atoms with Crippen LogP contribution in [-0.4, -0.2) is 5.78 Å². The molecule has 0 fully saturated rings. The highest BCUT2D eigenvalue weighted by Crippen LogP contribution is 2.23. The van der Waals surface area contributed by atoms with Crippen LogP contribution in [0.4, 0.5) is 4.39 Å². The zero-order valence-corrected chi connectivity index (χ0v) is 10.9. The van der Waals surface area contributed by atoms with Crippen LogP contribution in [0, 0.1) is 5.82 Å². The van der Waals surface area contributed by atoms with Crippen LogP contribution in [0.15, 0.2) is 39.4 Å². The molecule has 0 N–H and O–H groups in total. The summed E-state index contributed by atoms with van der Waals surface area (Å²) >= 11 is 8.96. The van der Waals surface area contributed by atoms with E-state index in [0.29, 0.717) is 15.6 Å². The zero-order valence-electron chi connectivity index (χ0n) is 8.54. The second-order valence-electron chi connectivity index (χ2n) is 3.44. The fraction of sp³-hybridized carbons (Fsp3) is 0.0833. The summed E-state index contributed by atoms with van der Waals surface area (Å²) in [5, 5.41) is 0.0579. The lowest BCUT2D eigenvalue weighted by atomic mass is 10.1. The summed E-state index contributed by atoms with van der Waals surface area (Å²) in [6.45, 7) is 0. The number of benzene rings is 1. The average Bonchev–Trinajstić information content (AvgIpc) is 2.70. The molecule has 88 valence electrons. The molecule has 0 unspecified atom stereocenters. The highest BCUT2D eigenvalue weighted by molar-refractivity contribution is 9.10. The predicted octanol–water partition coefficient (Wildman–Crippen LogP) is 4.26. The number of hydrogen-bond donors (Lipinski definition) is 0. The van der Waals surface area contributed by atoms with Gasteiger partial charge in [0.15, 0.2) is 5.78 Å². The van der Waals surface area contributed by atoms with Gasteiger partial charge in [0.25, 0.3) is 0 Å². The first-order valence-corrected chi connectivity index (χ1v) is 5.95. The van der Waals surface area contributed by atoms with Crippen molar-refractivity contribution in [3.8, 4) is 0 Å². The van der Waals surface area contributed by atoms with Gasteiger partial charge in [-0.05, 0) is 41.4 Å². The normalized spacial score (nSPS) is 10.5. The van der Waals surface area contributed by atoms with Crippen molar-refractivity contribution in [2.45, 2.75) is 6.42 Å².